The highest BCUT2D eigenvalue weighted by molar-refractivity contribution is 6.14. The second-order valence-corrected chi connectivity index (χ2v) is 5.53. The SMILES string of the molecule is O=C(CC(=O)c1c(F)c(F)c(F)c(F)c1F)c1ccc2ccccc2c1. The van der Waals surface area contributed by atoms with Crippen molar-refractivity contribution in [3.05, 3.63) is 82.7 Å². The summed E-state index contributed by atoms with van der Waals surface area (Å²) in [6.45, 7) is 0. The van der Waals surface area contributed by atoms with Crippen molar-refractivity contribution in [2.45, 2.75) is 6.42 Å². The van der Waals surface area contributed by atoms with Crippen molar-refractivity contribution in [1.29, 1.82) is 0 Å². The molecule has 26 heavy (non-hydrogen) atoms. The van der Waals surface area contributed by atoms with Gasteiger partial charge < -0.3 is 0 Å². The first-order valence-corrected chi connectivity index (χ1v) is 7.38. The van der Waals surface area contributed by atoms with E-state index in [4.69, 9.17) is 0 Å². The zero-order chi connectivity index (χ0) is 19.0. The van der Waals surface area contributed by atoms with Crippen molar-refractivity contribution in [2.24, 2.45) is 0 Å². The molecule has 3 aromatic rings. The molecule has 0 amide bonds. The van der Waals surface area contributed by atoms with Gasteiger partial charge in [0.1, 0.15) is 0 Å². The Morgan fingerprint density at radius 2 is 1.19 bits per heavy atom. The number of ketones is 2. The van der Waals surface area contributed by atoms with Crippen LogP contribution in [0.25, 0.3) is 10.8 Å². The normalized spacial score (nSPS) is 11.0. The molecule has 0 fully saturated rings. The third kappa shape index (κ3) is 2.96. The quantitative estimate of drug-likeness (QED) is 0.215. The molecular formula is C19H9F5O2. The number of rotatable bonds is 4. The molecule has 0 aromatic heterocycles. The first kappa shape index (κ1) is 17.7. The summed E-state index contributed by atoms with van der Waals surface area (Å²) in [4.78, 5) is 24.2. The van der Waals surface area contributed by atoms with Crippen LogP contribution in [0.1, 0.15) is 27.1 Å². The molecule has 0 saturated heterocycles. The molecule has 0 aliphatic heterocycles. The number of benzene rings is 3. The van der Waals surface area contributed by atoms with Crippen molar-refractivity contribution in [2.75, 3.05) is 0 Å². The van der Waals surface area contributed by atoms with Crippen molar-refractivity contribution in [3.8, 4) is 0 Å². The summed E-state index contributed by atoms with van der Waals surface area (Å²) < 4.78 is 66.8. The van der Waals surface area contributed by atoms with Crippen molar-refractivity contribution >= 4 is 22.3 Å². The maximum atomic E-state index is 13.7. The predicted octanol–water partition coefficient (Wildman–Crippen LogP) is 4.99. The number of Topliss-reactive ketones (excluding diaryl/α,β-unsaturated/α-hetero) is 2. The molecule has 3 rings (SSSR count). The van der Waals surface area contributed by atoms with Gasteiger partial charge in [-0.3, -0.25) is 9.59 Å². The zero-order valence-corrected chi connectivity index (χ0v) is 13.0. The zero-order valence-electron chi connectivity index (χ0n) is 13.0. The van der Waals surface area contributed by atoms with Gasteiger partial charge in [-0.2, -0.15) is 0 Å². The summed E-state index contributed by atoms with van der Waals surface area (Å²) in [5, 5.41) is 1.53. The molecule has 0 radical (unpaired) electrons. The van der Waals surface area contributed by atoms with Gasteiger partial charge in [0, 0.05) is 5.56 Å². The minimum atomic E-state index is -2.36. The minimum Gasteiger partial charge on any atom is -0.294 e. The molecule has 0 spiro atoms. The average Bonchev–Trinajstić information content (AvgIpc) is 2.64. The molecule has 0 aliphatic rings. The number of halogens is 5. The van der Waals surface area contributed by atoms with E-state index in [0.29, 0.717) is 5.39 Å². The average molecular weight is 364 g/mol. The molecule has 0 N–H and O–H groups in total. The van der Waals surface area contributed by atoms with Crippen LogP contribution >= 0.6 is 0 Å². The Balaban J connectivity index is 1.93. The van der Waals surface area contributed by atoms with Crippen LogP contribution in [0.5, 0.6) is 0 Å². The molecule has 7 heteroatoms. The van der Waals surface area contributed by atoms with E-state index < -0.39 is 52.6 Å². The summed E-state index contributed by atoms with van der Waals surface area (Å²) in [7, 11) is 0. The van der Waals surface area contributed by atoms with Gasteiger partial charge >= 0.3 is 0 Å². The molecule has 0 atom stereocenters. The largest absolute Gasteiger partial charge is 0.294 e. The molecule has 0 unspecified atom stereocenters. The summed E-state index contributed by atoms with van der Waals surface area (Å²) in [5.74, 6) is -13.6. The molecule has 0 aliphatic carbocycles. The van der Waals surface area contributed by atoms with Gasteiger partial charge in [0.05, 0.1) is 12.0 Å². The van der Waals surface area contributed by atoms with Crippen molar-refractivity contribution in [1.82, 2.24) is 0 Å². The lowest BCUT2D eigenvalue weighted by atomic mass is 9.98. The Kier molecular flexibility index (Phi) is 4.54. The fourth-order valence-electron chi connectivity index (χ4n) is 2.55. The van der Waals surface area contributed by atoms with E-state index in [0.717, 1.165) is 5.39 Å². The van der Waals surface area contributed by atoms with Crippen LogP contribution < -0.4 is 0 Å². The molecule has 0 heterocycles. The van der Waals surface area contributed by atoms with Crippen LogP contribution in [0, 0.1) is 29.1 Å². The van der Waals surface area contributed by atoms with E-state index in [2.05, 4.69) is 0 Å². The van der Waals surface area contributed by atoms with Crippen LogP contribution in [0.4, 0.5) is 22.0 Å². The minimum absolute atomic E-state index is 0.0842. The van der Waals surface area contributed by atoms with Gasteiger partial charge in [-0.05, 0) is 16.8 Å². The third-order valence-corrected chi connectivity index (χ3v) is 3.88. The summed E-state index contributed by atoms with van der Waals surface area (Å²) in [6.07, 6.45) is -1.03. The number of carbonyl (C=O) groups excluding carboxylic acids is 2. The molecule has 0 bridgehead atoms. The van der Waals surface area contributed by atoms with Gasteiger partial charge in [0.15, 0.2) is 34.8 Å². The fourth-order valence-corrected chi connectivity index (χ4v) is 2.55. The molecular weight excluding hydrogens is 355 g/mol. The summed E-state index contributed by atoms with van der Waals surface area (Å²) in [6, 6.07) is 11.5. The standard InChI is InChI=1S/C19H9F5O2/c20-15-14(16(21)18(23)19(24)17(15)22)13(26)8-12(25)11-6-5-9-3-1-2-4-10(9)7-11/h1-7H,8H2. The van der Waals surface area contributed by atoms with Gasteiger partial charge in [-0.1, -0.05) is 36.4 Å². The van der Waals surface area contributed by atoms with Crippen molar-refractivity contribution < 1.29 is 31.5 Å². The van der Waals surface area contributed by atoms with E-state index in [9.17, 15) is 31.5 Å². The third-order valence-electron chi connectivity index (χ3n) is 3.88. The molecule has 3 aromatic carbocycles. The van der Waals surface area contributed by atoms with Crippen LogP contribution in [0.3, 0.4) is 0 Å². The van der Waals surface area contributed by atoms with Crippen molar-refractivity contribution in [3.63, 3.8) is 0 Å². The number of hydrogen-bond donors (Lipinski definition) is 0. The summed E-state index contributed by atoms with van der Waals surface area (Å²) >= 11 is 0. The monoisotopic (exact) mass is 364 g/mol. The van der Waals surface area contributed by atoms with E-state index in [-0.39, 0.29) is 5.56 Å². The second-order valence-electron chi connectivity index (χ2n) is 5.53. The van der Waals surface area contributed by atoms with E-state index in [1.807, 2.05) is 0 Å². The Labute approximate surface area is 143 Å². The second kappa shape index (κ2) is 6.67. The first-order chi connectivity index (χ1) is 12.3. The smallest absolute Gasteiger partial charge is 0.200 e. The lowest BCUT2D eigenvalue weighted by Crippen LogP contribution is -2.16. The topological polar surface area (TPSA) is 34.1 Å². The first-order valence-electron chi connectivity index (χ1n) is 7.38. The predicted molar refractivity (Wildman–Crippen MR) is 83.5 cm³/mol. The highest BCUT2D eigenvalue weighted by Gasteiger charge is 2.30. The van der Waals surface area contributed by atoms with Crippen LogP contribution in [0.15, 0.2) is 42.5 Å². The maximum Gasteiger partial charge on any atom is 0.200 e. The Bertz CT molecular complexity index is 1030. The Morgan fingerprint density at radius 1 is 0.654 bits per heavy atom. The lowest BCUT2D eigenvalue weighted by molar-refractivity contribution is 0.0888. The van der Waals surface area contributed by atoms with Gasteiger partial charge in [0.2, 0.25) is 5.82 Å². The highest BCUT2D eigenvalue weighted by Crippen LogP contribution is 2.25. The van der Waals surface area contributed by atoms with E-state index in [1.54, 1.807) is 30.3 Å². The van der Waals surface area contributed by atoms with Crippen LogP contribution in [0.2, 0.25) is 0 Å². The van der Waals surface area contributed by atoms with E-state index >= 15 is 0 Å². The van der Waals surface area contributed by atoms with Gasteiger partial charge in [-0.15, -0.1) is 0 Å². The number of hydrogen-bond acceptors (Lipinski definition) is 2. The van der Waals surface area contributed by atoms with Gasteiger partial charge in [-0.25, -0.2) is 22.0 Å². The fraction of sp³-hybridized carbons (Fsp3) is 0.0526. The highest BCUT2D eigenvalue weighted by atomic mass is 19.2. The number of carbonyl (C=O) groups is 2. The Morgan fingerprint density at radius 3 is 1.81 bits per heavy atom. The number of fused-ring (bicyclic) bond motifs is 1. The lowest BCUT2D eigenvalue weighted by Gasteiger charge is -2.07. The van der Waals surface area contributed by atoms with Crippen LogP contribution in [-0.2, 0) is 0 Å². The Hall–Kier alpha value is -3.09. The molecule has 132 valence electrons. The van der Waals surface area contributed by atoms with Crippen LogP contribution in [-0.4, -0.2) is 11.6 Å². The molecule has 0 saturated carbocycles. The van der Waals surface area contributed by atoms with E-state index in [1.165, 1.54) is 12.1 Å². The molecule has 2 nitrogen and oxygen atoms in total. The summed E-state index contributed by atoms with van der Waals surface area (Å²) in [5.41, 5.74) is -1.53. The maximum absolute atomic E-state index is 13.7. The van der Waals surface area contributed by atoms with Gasteiger partial charge in [0.25, 0.3) is 0 Å².